The second-order valence-electron chi connectivity index (χ2n) is 3.84. The summed E-state index contributed by atoms with van der Waals surface area (Å²) in [5, 5.41) is 19.2. The topological polar surface area (TPSA) is 53.6 Å². The predicted molar refractivity (Wildman–Crippen MR) is 60.2 cm³/mol. The summed E-state index contributed by atoms with van der Waals surface area (Å²) in [6.07, 6.45) is -0.239. The van der Waals surface area contributed by atoms with E-state index in [4.69, 9.17) is 4.42 Å². The number of aliphatic hydroxyl groups is 1. The van der Waals surface area contributed by atoms with Gasteiger partial charge >= 0.3 is 0 Å². The van der Waals surface area contributed by atoms with Crippen molar-refractivity contribution in [1.82, 2.24) is 0 Å². The van der Waals surface area contributed by atoms with E-state index in [2.05, 4.69) is 0 Å². The van der Waals surface area contributed by atoms with Gasteiger partial charge in [0.15, 0.2) is 0 Å². The molecule has 84 valence electrons. The largest absolute Gasteiger partial charge is 0.508 e. The Hall–Kier alpha value is -1.74. The minimum Gasteiger partial charge on any atom is -0.508 e. The molecule has 0 aliphatic heterocycles. The molecule has 0 radical (unpaired) electrons. The van der Waals surface area contributed by atoms with E-state index >= 15 is 0 Å². The third-order valence-corrected chi connectivity index (χ3v) is 2.43. The van der Waals surface area contributed by atoms with Crippen molar-refractivity contribution in [2.45, 2.75) is 19.4 Å². The van der Waals surface area contributed by atoms with Crippen LogP contribution in [0.2, 0.25) is 0 Å². The lowest BCUT2D eigenvalue weighted by Gasteiger charge is -2.07. The summed E-state index contributed by atoms with van der Waals surface area (Å²) in [5.74, 6) is 1.55. The smallest absolute Gasteiger partial charge is 0.132 e. The fourth-order valence-corrected chi connectivity index (χ4v) is 1.64. The fraction of sp³-hybridized carbons (Fsp3) is 0.231. The van der Waals surface area contributed by atoms with Gasteiger partial charge in [0.1, 0.15) is 23.4 Å². The first kappa shape index (κ1) is 10.8. The molecule has 1 unspecified atom stereocenters. The van der Waals surface area contributed by atoms with E-state index in [1.165, 1.54) is 0 Å². The molecule has 0 aliphatic carbocycles. The van der Waals surface area contributed by atoms with E-state index in [1.54, 1.807) is 24.3 Å². The molecule has 3 heteroatoms. The predicted octanol–water partition coefficient (Wildman–Crippen LogP) is 2.57. The molecule has 0 bridgehead atoms. The number of rotatable bonds is 3. The van der Waals surface area contributed by atoms with Crippen LogP contribution in [0.4, 0.5) is 0 Å². The van der Waals surface area contributed by atoms with Crippen LogP contribution >= 0.6 is 0 Å². The van der Waals surface area contributed by atoms with Crippen LogP contribution in [-0.4, -0.2) is 10.2 Å². The zero-order valence-corrected chi connectivity index (χ0v) is 9.05. The highest BCUT2D eigenvalue weighted by atomic mass is 16.4. The lowest BCUT2D eigenvalue weighted by molar-refractivity contribution is 0.149. The van der Waals surface area contributed by atoms with Crippen LogP contribution < -0.4 is 0 Å². The van der Waals surface area contributed by atoms with E-state index in [0.29, 0.717) is 12.2 Å². The van der Waals surface area contributed by atoms with Crippen LogP contribution in [0.15, 0.2) is 40.8 Å². The Balaban J connectivity index is 2.10. The number of phenolic OH excluding ortho intramolecular Hbond substituents is 1. The van der Waals surface area contributed by atoms with Crippen LogP contribution in [-0.2, 0) is 6.42 Å². The standard InChI is InChI=1S/C13H14O3/c1-9-5-6-13(16-9)12(15)8-10-3-2-4-11(14)7-10/h2-7,12,14-15H,8H2,1H3. The molecule has 0 fully saturated rings. The van der Waals surface area contributed by atoms with Gasteiger partial charge in [-0.05, 0) is 36.8 Å². The Morgan fingerprint density at radius 2 is 2.06 bits per heavy atom. The molecule has 2 N–H and O–H groups in total. The SMILES string of the molecule is Cc1ccc(C(O)Cc2cccc(O)c2)o1. The Morgan fingerprint density at radius 1 is 1.25 bits per heavy atom. The summed E-state index contributed by atoms with van der Waals surface area (Å²) in [6, 6.07) is 10.4. The first-order valence-electron chi connectivity index (χ1n) is 5.17. The van der Waals surface area contributed by atoms with Crippen LogP contribution in [0.5, 0.6) is 5.75 Å². The number of hydrogen-bond acceptors (Lipinski definition) is 3. The van der Waals surface area contributed by atoms with Crippen molar-refractivity contribution in [2.24, 2.45) is 0 Å². The normalized spacial score (nSPS) is 12.6. The van der Waals surface area contributed by atoms with Crippen molar-refractivity contribution >= 4 is 0 Å². The molecule has 1 heterocycles. The van der Waals surface area contributed by atoms with Crippen LogP contribution in [0.25, 0.3) is 0 Å². The van der Waals surface area contributed by atoms with Crippen molar-refractivity contribution < 1.29 is 14.6 Å². The number of benzene rings is 1. The van der Waals surface area contributed by atoms with Gasteiger partial charge in [0.05, 0.1) is 0 Å². The van der Waals surface area contributed by atoms with Crippen molar-refractivity contribution in [3.05, 3.63) is 53.5 Å². The van der Waals surface area contributed by atoms with E-state index in [-0.39, 0.29) is 5.75 Å². The van der Waals surface area contributed by atoms with E-state index in [1.807, 2.05) is 19.1 Å². The average Bonchev–Trinajstić information content (AvgIpc) is 2.65. The molecule has 0 saturated carbocycles. The lowest BCUT2D eigenvalue weighted by atomic mass is 10.1. The molecule has 1 aromatic heterocycles. The Bertz CT molecular complexity index is 474. The Kier molecular flexibility index (Phi) is 2.97. The molecule has 1 atom stereocenters. The lowest BCUT2D eigenvalue weighted by Crippen LogP contribution is -2.00. The summed E-state index contributed by atoms with van der Waals surface area (Å²) in [7, 11) is 0. The highest BCUT2D eigenvalue weighted by Crippen LogP contribution is 2.22. The Labute approximate surface area is 94.0 Å². The van der Waals surface area contributed by atoms with Gasteiger partial charge in [-0.3, -0.25) is 0 Å². The van der Waals surface area contributed by atoms with E-state index in [9.17, 15) is 10.2 Å². The third-order valence-electron chi connectivity index (χ3n) is 2.43. The van der Waals surface area contributed by atoms with Crippen molar-refractivity contribution in [1.29, 1.82) is 0 Å². The van der Waals surface area contributed by atoms with E-state index < -0.39 is 6.10 Å². The minimum absolute atomic E-state index is 0.209. The molecule has 16 heavy (non-hydrogen) atoms. The zero-order chi connectivity index (χ0) is 11.5. The van der Waals surface area contributed by atoms with Gasteiger partial charge < -0.3 is 14.6 Å². The highest BCUT2D eigenvalue weighted by Gasteiger charge is 2.12. The summed E-state index contributed by atoms with van der Waals surface area (Å²) >= 11 is 0. The number of aromatic hydroxyl groups is 1. The maximum atomic E-state index is 9.90. The van der Waals surface area contributed by atoms with Gasteiger partial charge in [-0.1, -0.05) is 12.1 Å². The highest BCUT2D eigenvalue weighted by molar-refractivity contribution is 5.28. The Morgan fingerprint density at radius 3 is 2.69 bits per heavy atom. The number of aliphatic hydroxyl groups excluding tert-OH is 1. The first-order chi connectivity index (χ1) is 7.65. The average molecular weight is 218 g/mol. The van der Waals surface area contributed by atoms with Gasteiger partial charge in [0, 0.05) is 6.42 Å². The van der Waals surface area contributed by atoms with Crippen LogP contribution in [0.1, 0.15) is 23.2 Å². The van der Waals surface area contributed by atoms with Crippen molar-refractivity contribution in [3.8, 4) is 5.75 Å². The first-order valence-corrected chi connectivity index (χ1v) is 5.17. The molecule has 0 saturated heterocycles. The maximum Gasteiger partial charge on any atom is 0.132 e. The van der Waals surface area contributed by atoms with Crippen LogP contribution in [0.3, 0.4) is 0 Å². The molecule has 0 aliphatic rings. The summed E-state index contributed by atoms with van der Waals surface area (Å²) in [6.45, 7) is 1.84. The zero-order valence-electron chi connectivity index (χ0n) is 9.05. The second kappa shape index (κ2) is 4.41. The van der Waals surface area contributed by atoms with Crippen molar-refractivity contribution in [3.63, 3.8) is 0 Å². The molecular weight excluding hydrogens is 204 g/mol. The summed E-state index contributed by atoms with van der Waals surface area (Å²) < 4.78 is 5.34. The summed E-state index contributed by atoms with van der Waals surface area (Å²) in [4.78, 5) is 0. The number of phenols is 1. The molecule has 2 rings (SSSR count). The molecule has 3 nitrogen and oxygen atoms in total. The van der Waals surface area contributed by atoms with Crippen molar-refractivity contribution in [2.75, 3.05) is 0 Å². The quantitative estimate of drug-likeness (QED) is 0.832. The van der Waals surface area contributed by atoms with Gasteiger partial charge in [0.25, 0.3) is 0 Å². The third kappa shape index (κ3) is 2.44. The van der Waals surface area contributed by atoms with Gasteiger partial charge in [-0.2, -0.15) is 0 Å². The van der Waals surface area contributed by atoms with E-state index in [0.717, 1.165) is 11.3 Å². The second-order valence-corrected chi connectivity index (χ2v) is 3.84. The maximum absolute atomic E-state index is 9.90. The fourth-order valence-electron chi connectivity index (χ4n) is 1.64. The molecule has 0 amide bonds. The monoisotopic (exact) mass is 218 g/mol. The van der Waals surface area contributed by atoms with Gasteiger partial charge in [0.2, 0.25) is 0 Å². The molecule has 1 aromatic carbocycles. The molecule has 2 aromatic rings. The number of hydrogen-bond donors (Lipinski definition) is 2. The van der Waals surface area contributed by atoms with Gasteiger partial charge in [-0.15, -0.1) is 0 Å². The van der Waals surface area contributed by atoms with Gasteiger partial charge in [-0.25, -0.2) is 0 Å². The van der Waals surface area contributed by atoms with Crippen LogP contribution in [0, 0.1) is 6.92 Å². The molecule has 0 spiro atoms. The minimum atomic E-state index is -0.671. The summed E-state index contributed by atoms with van der Waals surface area (Å²) in [5.41, 5.74) is 0.876. The number of furan rings is 1. The molecular formula is C13H14O3. The number of aryl methyl sites for hydroxylation is 1.